The summed E-state index contributed by atoms with van der Waals surface area (Å²) in [5, 5.41) is 0.614. The molecule has 27 heavy (non-hydrogen) atoms. The molecule has 3 nitrogen and oxygen atoms in total. The number of halogens is 5. The highest BCUT2D eigenvalue weighted by Crippen LogP contribution is 2.46. The fraction of sp³-hybridized carbons (Fsp3) is 0.263. The topological polar surface area (TPSA) is 35.0 Å². The minimum absolute atomic E-state index is 0.0927. The summed E-state index contributed by atoms with van der Waals surface area (Å²) >= 11 is 3.34. The van der Waals surface area contributed by atoms with Crippen LogP contribution in [0, 0.1) is 12.9 Å². The number of fused-ring (bicyclic) bond motifs is 3. The number of aryl methyl sites for hydroxylation is 1. The number of pyridine rings is 2. The van der Waals surface area contributed by atoms with Crippen LogP contribution in [0.25, 0.3) is 22.2 Å². The van der Waals surface area contributed by atoms with E-state index >= 15 is 0 Å². The van der Waals surface area contributed by atoms with Gasteiger partial charge in [-0.2, -0.15) is 17.6 Å². The number of alkyl halides is 4. The first kappa shape index (κ1) is 18.2. The molecule has 0 bridgehead atoms. The van der Waals surface area contributed by atoms with Crippen LogP contribution in [0.5, 0.6) is 5.75 Å². The van der Waals surface area contributed by atoms with Crippen molar-refractivity contribution in [2.24, 2.45) is 0 Å². The van der Waals surface area contributed by atoms with Crippen molar-refractivity contribution in [3.63, 3.8) is 0 Å². The Labute approximate surface area is 160 Å². The van der Waals surface area contributed by atoms with E-state index in [9.17, 15) is 17.6 Å². The van der Waals surface area contributed by atoms with E-state index in [1.807, 2.05) is 0 Å². The lowest BCUT2D eigenvalue weighted by Crippen LogP contribution is -2.14. The van der Waals surface area contributed by atoms with E-state index in [2.05, 4.69) is 25.9 Å². The molecule has 3 heterocycles. The highest BCUT2D eigenvalue weighted by molar-refractivity contribution is 9.09. The summed E-state index contributed by atoms with van der Waals surface area (Å²) in [5.74, 6) is -1.28. The van der Waals surface area contributed by atoms with Crippen LogP contribution in [0.15, 0.2) is 30.3 Å². The average molecular weight is 441 g/mol. The van der Waals surface area contributed by atoms with Crippen molar-refractivity contribution >= 4 is 26.8 Å². The van der Waals surface area contributed by atoms with Crippen molar-refractivity contribution in [1.29, 1.82) is 0 Å². The fourth-order valence-corrected chi connectivity index (χ4v) is 3.73. The molecule has 4 rings (SSSR count). The highest BCUT2D eigenvalue weighted by Gasteiger charge is 2.41. The zero-order valence-electron chi connectivity index (χ0n) is 14.1. The fourth-order valence-electron chi connectivity index (χ4n) is 3.37. The second-order valence-corrected chi connectivity index (χ2v) is 6.96. The SMILES string of the molecule is Cc1nc2c(C(F)(F)F)c(F)nc(-c3ccccc3)c2c2c1CC(CBr)O2. The van der Waals surface area contributed by atoms with Crippen LogP contribution in [-0.4, -0.2) is 21.4 Å². The lowest BCUT2D eigenvalue weighted by atomic mass is 9.99. The number of benzene rings is 1. The first-order valence-electron chi connectivity index (χ1n) is 8.19. The van der Waals surface area contributed by atoms with Crippen LogP contribution in [0.1, 0.15) is 16.8 Å². The van der Waals surface area contributed by atoms with Crippen molar-refractivity contribution in [2.75, 3.05) is 5.33 Å². The van der Waals surface area contributed by atoms with Gasteiger partial charge in [-0.25, -0.2) is 4.98 Å². The van der Waals surface area contributed by atoms with Gasteiger partial charge in [0.2, 0.25) is 5.95 Å². The van der Waals surface area contributed by atoms with Crippen molar-refractivity contribution in [2.45, 2.75) is 25.6 Å². The Morgan fingerprint density at radius 2 is 1.89 bits per heavy atom. The van der Waals surface area contributed by atoms with Gasteiger partial charge in [-0.3, -0.25) is 4.98 Å². The molecule has 0 amide bonds. The first-order chi connectivity index (χ1) is 12.8. The number of nitrogens with zero attached hydrogens (tertiary/aromatic N) is 2. The molecule has 0 saturated carbocycles. The first-order valence-corrected chi connectivity index (χ1v) is 9.31. The number of aromatic nitrogens is 2. The predicted molar refractivity (Wildman–Crippen MR) is 96.6 cm³/mol. The zero-order valence-corrected chi connectivity index (χ0v) is 15.7. The number of hydrogen-bond donors (Lipinski definition) is 0. The van der Waals surface area contributed by atoms with E-state index in [0.29, 0.717) is 28.8 Å². The van der Waals surface area contributed by atoms with Crippen LogP contribution in [0.3, 0.4) is 0 Å². The maximum Gasteiger partial charge on any atom is 0.422 e. The Bertz CT molecular complexity index is 1040. The van der Waals surface area contributed by atoms with Gasteiger partial charge < -0.3 is 4.74 Å². The lowest BCUT2D eigenvalue weighted by Gasteiger charge is -2.17. The van der Waals surface area contributed by atoms with Gasteiger partial charge >= 0.3 is 6.18 Å². The van der Waals surface area contributed by atoms with Crippen LogP contribution < -0.4 is 4.74 Å². The second-order valence-electron chi connectivity index (χ2n) is 6.32. The Morgan fingerprint density at radius 1 is 1.19 bits per heavy atom. The summed E-state index contributed by atoms with van der Waals surface area (Å²) in [4.78, 5) is 7.81. The molecule has 0 aliphatic carbocycles. The Balaban J connectivity index is 2.16. The Kier molecular flexibility index (Phi) is 4.33. The second kappa shape index (κ2) is 6.44. The third-order valence-electron chi connectivity index (χ3n) is 4.56. The normalized spacial score (nSPS) is 16.4. The van der Waals surface area contributed by atoms with Gasteiger partial charge in [-0.05, 0) is 6.92 Å². The van der Waals surface area contributed by atoms with Crippen molar-refractivity contribution in [3.8, 4) is 17.0 Å². The molecular weight excluding hydrogens is 428 g/mol. The molecule has 8 heteroatoms. The molecule has 1 unspecified atom stereocenters. The molecule has 1 atom stereocenters. The van der Waals surface area contributed by atoms with Gasteiger partial charge in [-0.15, -0.1) is 0 Å². The standard InChI is InChI=1S/C19H13BrF4N2O/c1-9-12-7-11(8-20)27-17(12)13-15(10-5-3-2-4-6-10)26-18(21)14(16(13)25-9)19(22,23)24/h2-6,11H,7-8H2,1H3. The monoisotopic (exact) mass is 440 g/mol. The molecule has 1 aliphatic heterocycles. The summed E-state index contributed by atoms with van der Waals surface area (Å²) in [5.41, 5.74) is -0.222. The van der Waals surface area contributed by atoms with Gasteiger partial charge in [0.1, 0.15) is 17.4 Å². The number of hydrogen-bond acceptors (Lipinski definition) is 3. The minimum atomic E-state index is -4.92. The van der Waals surface area contributed by atoms with Crippen molar-refractivity contribution in [3.05, 3.63) is 53.1 Å². The van der Waals surface area contributed by atoms with Gasteiger partial charge in [0, 0.05) is 28.6 Å². The highest BCUT2D eigenvalue weighted by atomic mass is 79.9. The van der Waals surface area contributed by atoms with Crippen LogP contribution >= 0.6 is 15.9 Å². The number of rotatable bonds is 2. The summed E-state index contributed by atoms with van der Waals surface area (Å²) in [7, 11) is 0. The maximum absolute atomic E-state index is 14.5. The molecular formula is C19H13BrF4N2O. The zero-order chi connectivity index (χ0) is 19.3. The van der Waals surface area contributed by atoms with Crippen molar-refractivity contribution in [1.82, 2.24) is 9.97 Å². The maximum atomic E-state index is 14.5. The summed E-state index contributed by atoms with van der Waals surface area (Å²) in [6.07, 6.45) is -4.64. The molecule has 1 aromatic carbocycles. The molecule has 0 fully saturated rings. The van der Waals surface area contributed by atoms with E-state index in [1.165, 1.54) is 0 Å². The summed E-state index contributed by atoms with van der Waals surface area (Å²) < 4.78 is 61.1. The third kappa shape index (κ3) is 2.96. The van der Waals surface area contributed by atoms with Gasteiger partial charge in [0.05, 0.1) is 16.6 Å². The largest absolute Gasteiger partial charge is 0.488 e. The van der Waals surface area contributed by atoms with Crippen LogP contribution in [0.4, 0.5) is 17.6 Å². The molecule has 0 spiro atoms. The molecule has 0 radical (unpaired) electrons. The molecule has 3 aromatic rings. The van der Waals surface area contributed by atoms with E-state index in [0.717, 1.165) is 5.56 Å². The van der Waals surface area contributed by atoms with Gasteiger partial charge in [-0.1, -0.05) is 46.3 Å². The quantitative estimate of drug-likeness (QED) is 0.301. The predicted octanol–water partition coefficient (Wildman–Crippen LogP) is 5.46. The Morgan fingerprint density at radius 3 is 2.52 bits per heavy atom. The lowest BCUT2D eigenvalue weighted by molar-refractivity contribution is -0.139. The third-order valence-corrected chi connectivity index (χ3v) is 5.29. The average Bonchev–Trinajstić information content (AvgIpc) is 3.05. The molecule has 0 saturated heterocycles. The van der Waals surface area contributed by atoms with Crippen LogP contribution in [0.2, 0.25) is 0 Å². The smallest absolute Gasteiger partial charge is 0.422 e. The molecule has 2 aromatic heterocycles. The van der Waals surface area contributed by atoms with E-state index in [1.54, 1.807) is 37.3 Å². The summed E-state index contributed by atoms with van der Waals surface area (Å²) in [6.45, 7) is 1.61. The molecule has 140 valence electrons. The molecule has 1 aliphatic rings. The van der Waals surface area contributed by atoms with Crippen molar-refractivity contribution < 1.29 is 22.3 Å². The minimum Gasteiger partial charge on any atom is -0.488 e. The van der Waals surface area contributed by atoms with Gasteiger partial charge in [0.25, 0.3) is 0 Å². The summed E-state index contributed by atoms with van der Waals surface area (Å²) in [6, 6.07) is 8.51. The van der Waals surface area contributed by atoms with Crippen LogP contribution in [-0.2, 0) is 12.6 Å². The Hall–Kier alpha value is -2.22. The van der Waals surface area contributed by atoms with E-state index < -0.39 is 23.2 Å². The molecule has 0 N–H and O–H groups in total. The number of ether oxygens (including phenoxy) is 1. The van der Waals surface area contributed by atoms with E-state index in [-0.39, 0.29) is 17.2 Å². The van der Waals surface area contributed by atoms with Gasteiger partial charge in [0.15, 0.2) is 0 Å². The van der Waals surface area contributed by atoms with E-state index in [4.69, 9.17) is 4.74 Å².